The van der Waals surface area contributed by atoms with E-state index in [4.69, 9.17) is 4.42 Å². The molecule has 0 aliphatic carbocycles. The molecule has 0 saturated carbocycles. The molecule has 4 rings (SSSR count). The zero-order valence-electron chi connectivity index (χ0n) is 18.3. The number of hydrogen-bond acceptors (Lipinski definition) is 4. The maximum atomic E-state index is 13.0. The molecule has 0 radical (unpaired) electrons. The first-order valence-corrected chi connectivity index (χ1v) is 10.8. The van der Waals surface area contributed by atoms with E-state index in [0.717, 1.165) is 43.9 Å². The zero-order valence-corrected chi connectivity index (χ0v) is 18.3. The van der Waals surface area contributed by atoms with Crippen LogP contribution in [-0.2, 0) is 6.18 Å². The molecule has 3 aromatic rings. The van der Waals surface area contributed by atoms with E-state index in [-0.39, 0.29) is 23.1 Å². The fourth-order valence-electron chi connectivity index (χ4n) is 3.90. The number of alkyl halides is 3. The summed E-state index contributed by atoms with van der Waals surface area (Å²) in [5.74, 6) is -0.139. The van der Waals surface area contributed by atoms with E-state index < -0.39 is 17.6 Å². The predicted octanol–water partition coefficient (Wildman–Crippen LogP) is 4.68. The number of carbonyl (C=O) groups excluding carboxylic acids is 1. The van der Waals surface area contributed by atoms with Crippen molar-refractivity contribution in [3.8, 4) is 11.3 Å². The van der Waals surface area contributed by atoms with E-state index in [9.17, 15) is 18.0 Å². The Labute approximate surface area is 190 Å². The normalized spacial score (nSPS) is 16.5. The van der Waals surface area contributed by atoms with E-state index >= 15 is 0 Å². The maximum Gasteiger partial charge on any atom is 0.416 e. The van der Waals surface area contributed by atoms with Gasteiger partial charge in [0.2, 0.25) is 0 Å². The lowest BCUT2D eigenvalue weighted by atomic mass is 10.1. The molecule has 1 saturated heterocycles. The van der Waals surface area contributed by atoms with Crippen LogP contribution in [0.25, 0.3) is 11.3 Å². The van der Waals surface area contributed by atoms with Crippen molar-refractivity contribution < 1.29 is 22.4 Å². The second kappa shape index (κ2) is 9.80. The SMILES string of the molecule is CN1CCN(CC(NC(=O)c2ccc(-c3cccc(C(F)(F)F)c3)o2)c2ccccc2)CC1. The highest BCUT2D eigenvalue weighted by Gasteiger charge is 2.31. The first-order chi connectivity index (χ1) is 15.8. The predicted molar refractivity (Wildman–Crippen MR) is 120 cm³/mol. The summed E-state index contributed by atoms with van der Waals surface area (Å²) < 4.78 is 44.7. The Balaban J connectivity index is 1.50. The minimum Gasteiger partial charge on any atom is -0.451 e. The molecule has 1 aromatic heterocycles. The highest BCUT2D eigenvalue weighted by Crippen LogP contribution is 2.32. The van der Waals surface area contributed by atoms with Crippen LogP contribution in [0.5, 0.6) is 0 Å². The summed E-state index contributed by atoms with van der Waals surface area (Å²) in [6, 6.07) is 17.3. The maximum absolute atomic E-state index is 13.0. The molecule has 0 bridgehead atoms. The molecule has 1 aliphatic heterocycles. The van der Waals surface area contributed by atoms with Crippen LogP contribution in [0.15, 0.2) is 71.1 Å². The van der Waals surface area contributed by atoms with E-state index in [1.807, 2.05) is 30.3 Å². The number of likely N-dealkylation sites (N-methyl/N-ethyl adjacent to an activating group) is 1. The van der Waals surface area contributed by atoms with Gasteiger partial charge in [-0.05, 0) is 36.9 Å². The van der Waals surface area contributed by atoms with Gasteiger partial charge in [-0.3, -0.25) is 9.69 Å². The standard InChI is InChI=1S/C25H26F3N3O2/c1-30-12-14-31(15-13-30)17-21(18-6-3-2-4-7-18)29-24(32)23-11-10-22(33-23)19-8-5-9-20(16-19)25(26,27)28/h2-11,16,21H,12-15,17H2,1H3,(H,29,32). The molecule has 0 spiro atoms. The fraction of sp³-hybridized carbons (Fsp3) is 0.320. The van der Waals surface area contributed by atoms with Crippen molar-refractivity contribution in [3.05, 3.63) is 83.6 Å². The smallest absolute Gasteiger partial charge is 0.416 e. The Morgan fingerprint density at radius 3 is 2.42 bits per heavy atom. The van der Waals surface area contributed by atoms with Crippen molar-refractivity contribution in [1.29, 1.82) is 0 Å². The monoisotopic (exact) mass is 457 g/mol. The molecule has 8 heteroatoms. The number of halogens is 3. The molecular weight excluding hydrogens is 431 g/mol. The average Bonchev–Trinajstić information content (AvgIpc) is 3.31. The number of furan rings is 1. The Kier molecular flexibility index (Phi) is 6.85. The number of benzene rings is 2. The second-order valence-electron chi connectivity index (χ2n) is 8.28. The van der Waals surface area contributed by atoms with Crippen molar-refractivity contribution >= 4 is 5.91 Å². The summed E-state index contributed by atoms with van der Waals surface area (Å²) in [5, 5.41) is 3.04. The lowest BCUT2D eigenvalue weighted by Crippen LogP contribution is -2.47. The third kappa shape index (κ3) is 5.83. The molecule has 174 valence electrons. The van der Waals surface area contributed by atoms with Crippen LogP contribution >= 0.6 is 0 Å². The molecular formula is C25H26F3N3O2. The summed E-state index contributed by atoms with van der Waals surface area (Å²) in [7, 11) is 2.09. The highest BCUT2D eigenvalue weighted by molar-refractivity contribution is 5.92. The van der Waals surface area contributed by atoms with E-state index in [1.165, 1.54) is 24.3 Å². The van der Waals surface area contributed by atoms with E-state index in [2.05, 4.69) is 22.2 Å². The summed E-state index contributed by atoms with van der Waals surface area (Å²) >= 11 is 0. The number of piperazine rings is 1. The molecule has 1 unspecified atom stereocenters. The largest absolute Gasteiger partial charge is 0.451 e. The average molecular weight is 457 g/mol. The van der Waals surface area contributed by atoms with Crippen LogP contribution in [-0.4, -0.2) is 55.5 Å². The number of rotatable bonds is 6. The second-order valence-corrected chi connectivity index (χ2v) is 8.28. The van der Waals surface area contributed by atoms with Gasteiger partial charge in [0.15, 0.2) is 5.76 Å². The lowest BCUT2D eigenvalue weighted by Gasteiger charge is -2.34. The minimum absolute atomic E-state index is 0.0571. The Morgan fingerprint density at radius 1 is 1.00 bits per heavy atom. The molecule has 1 amide bonds. The third-order valence-corrected chi connectivity index (χ3v) is 5.85. The van der Waals surface area contributed by atoms with Gasteiger partial charge in [-0.25, -0.2) is 0 Å². The summed E-state index contributed by atoms with van der Waals surface area (Å²) in [6.07, 6.45) is -4.45. The van der Waals surface area contributed by atoms with Gasteiger partial charge in [0.25, 0.3) is 5.91 Å². The number of hydrogen-bond donors (Lipinski definition) is 1. The first kappa shape index (κ1) is 23.1. The molecule has 33 heavy (non-hydrogen) atoms. The number of amides is 1. The summed E-state index contributed by atoms with van der Waals surface area (Å²) in [6.45, 7) is 4.42. The van der Waals surface area contributed by atoms with Gasteiger partial charge in [-0.15, -0.1) is 0 Å². The van der Waals surface area contributed by atoms with Crippen molar-refractivity contribution in [2.24, 2.45) is 0 Å². The van der Waals surface area contributed by atoms with E-state index in [1.54, 1.807) is 0 Å². The topological polar surface area (TPSA) is 48.7 Å². The molecule has 1 aliphatic rings. The molecule has 5 nitrogen and oxygen atoms in total. The van der Waals surface area contributed by atoms with Gasteiger partial charge in [0.05, 0.1) is 11.6 Å². The number of carbonyl (C=O) groups is 1. The Bertz CT molecular complexity index is 1070. The summed E-state index contributed by atoms with van der Waals surface area (Å²) in [5.41, 5.74) is 0.481. The fourth-order valence-corrected chi connectivity index (χ4v) is 3.90. The van der Waals surface area contributed by atoms with Gasteiger partial charge < -0.3 is 14.6 Å². The van der Waals surface area contributed by atoms with Gasteiger partial charge in [0.1, 0.15) is 5.76 Å². The number of nitrogens with zero attached hydrogens (tertiary/aromatic N) is 2. The van der Waals surface area contributed by atoms with Gasteiger partial charge in [-0.1, -0.05) is 42.5 Å². The van der Waals surface area contributed by atoms with Crippen LogP contribution in [0.1, 0.15) is 27.7 Å². The van der Waals surface area contributed by atoms with E-state index in [0.29, 0.717) is 6.54 Å². The molecule has 1 fully saturated rings. The molecule has 1 N–H and O–H groups in total. The van der Waals surface area contributed by atoms with Crippen molar-refractivity contribution in [2.45, 2.75) is 12.2 Å². The van der Waals surface area contributed by atoms with Gasteiger partial charge in [0, 0.05) is 38.3 Å². The van der Waals surface area contributed by atoms with Crippen molar-refractivity contribution in [3.63, 3.8) is 0 Å². The van der Waals surface area contributed by atoms with Gasteiger partial charge >= 0.3 is 6.18 Å². The van der Waals surface area contributed by atoms with Crippen LogP contribution in [0.4, 0.5) is 13.2 Å². The van der Waals surface area contributed by atoms with Crippen LogP contribution in [0.2, 0.25) is 0 Å². The van der Waals surface area contributed by atoms with Crippen LogP contribution in [0, 0.1) is 0 Å². The molecule has 2 aromatic carbocycles. The number of nitrogens with one attached hydrogen (secondary N) is 1. The quantitative estimate of drug-likeness (QED) is 0.584. The molecule has 2 heterocycles. The third-order valence-electron chi connectivity index (χ3n) is 5.85. The van der Waals surface area contributed by atoms with Crippen LogP contribution in [0.3, 0.4) is 0 Å². The minimum atomic E-state index is -4.45. The van der Waals surface area contributed by atoms with Crippen LogP contribution < -0.4 is 5.32 Å². The zero-order chi connectivity index (χ0) is 23.4. The first-order valence-electron chi connectivity index (χ1n) is 10.8. The van der Waals surface area contributed by atoms with Crippen molar-refractivity contribution in [2.75, 3.05) is 39.8 Å². The summed E-state index contributed by atoms with van der Waals surface area (Å²) in [4.78, 5) is 17.6. The highest BCUT2D eigenvalue weighted by atomic mass is 19.4. The molecule has 1 atom stereocenters. The van der Waals surface area contributed by atoms with Gasteiger partial charge in [-0.2, -0.15) is 13.2 Å². The van der Waals surface area contributed by atoms with Crippen molar-refractivity contribution in [1.82, 2.24) is 15.1 Å². The Hall–Kier alpha value is -3.10. The lowest BCUT2D eigenvalue weighted by molar-refractivity contribution is -0.137. The Morgan fingerprint density at radius 2 is 1.73 bits per heavy atom.